The van der Waals surface area contributed by atoms with Gasteiger partial charge in [0.25, 0.3) is 0 Å². The van der Waals surface area contributed by atoms with Crippen LogP contribution >= 0.6 is 0 Å². The maximum Gasteiger partial charge on any atom is 0.175 e. The molecule has 0 saturated heterocycles. The Labute approximate surface area is 122 Å². The second-order valence-electron chi connectivity index (χ2n) is 6.54. The second-order valence-corrected chi connectivity index (χ2v) is 6.54. The van der Waals surface area contributed by atoms with Crippen LogP contribution in [0.15, 0.2) is 0 Å². The molecule has 20 heavy (non-hydrogen) atoms. The molecule has 0 radical (unpaired) electrons. The molecular weight excluding hydrogens is 250 g/mol. The van der Waals surface area contributed by atoms with Crippen molar-refractivity contribution < 1.29 is 0 Å². The first kappa shape index (κ1) is 15.4. The molecule has 1 aromatic heterocycles. The summed E-state index contributed by atoms with van der Waals surface area (Å²) in [5.74, 6) is 3.16. The fourth-order valence-electron chi connectivity index (χ4n) is 3.37. The monoisotopic (exact) mass is 279 g/mol. The predicted molar refractivity (Wildman–Crippen MR) is 80.3 cm³/mol. The zero-order chi connectivity index (χ0) is 14.5. The van der Waals surface area contributed by atoms with Crippen LogP contribution in [0.25, 0.3) is 0 Å². The Bertz CT molecular complexity index is 401. The molecule has 0 aromatic carbocycles. The molecule has 2 rings (SSSR count). The van der Waals surface area contributed by atoms with Gasteiger partial charge < -0.3 is 5.32 Å². The van der Waals surface area contributed by atoms with Crippen molar-refractivity contribution in [1.29, 1.82) is 0 Å². The van der Waals surface area contributed by atoms with Gasteiger partial charge in [-0.05, 0) is 55.2 Å². The molecule has 0 spiro atoms. The highest BCUT2D eigenvalue weighted by Crippen LogP contribution is 2.35. The molecule has 0 amide bonds. The standard InChI is InChI=1S/C15H29N5/c1-5-8-16-14-7-6-12(11(2)3)9-13(14)10-15-17-19-20(4)18-15/h11-14,16H,5-10H2,1-4H3. The number of hydrogen-bond acceptors (Lipinski definition) is 4. The Morgan fingerprint density at radius 1 is 1.35 bits per heavy atom. The molecule has 1 aromatic rings. The minimum Gasteiger partial charge on any atom is -0.314 e. The summed E-state index contributed by atoms with van der Waals surface area (Å²) >= 11 is 0. The molecule has 3 atom stereocenters. The summed E-state index contributed by atoms with van der Waals surface area (Å²) in [4.78, 5) is 1.56. The van der Waals surface area contributed by atoms with Gasteiger partial charge in [0, 0.05) is 12.5 Å². The Balaban J connectivity index is 2.00. The van der Waals surface area contributed by atoms with Gasteiger partial charge in [0.15, 0.2) is 5.82 Å². The summed E-state index contributed by atoms with van der Waals surface area (Å²) in [6.07, 6.45) is 6.08. The molecule has 1 N–H and O–H groups in total. The van der Waals surface area contributed by atoms with Crippen LogP contribution in [-0.2, 0) is 13.5 Å². The molecule has 1 aliphatic carbocycles. The number of rotatable bonds is 6. The second kappa shape index (κ2) is 7.16. The van der Waals surface area contributed by atoms with Gasteiger partial charge in [-0.1, -0.05) is 20.8 Å². The van der Waals surface area contributed by atoms with Gasteiger partial charge in [0.05, 0.1) is 7.05 Å². The molecule has 0 aliphatic heterocycles. The van der Waals surface area contributed by atoms with Crippen LogP contribution in [0, 0.1) is 17.8 Å². The molecule has 114 valence electrons. The highest BCUT2D eigenvalue weighted by molar-refractivity contribution is 4.92. The van der Waals surface area contributed by atoms with Crippen molar-refractivity contribution in [2.75, 3.05) is 6.54 Å². The molecule has 1 fully saturated rings. The van der Waals surface area contributed by atoms with E-state index in [2.05, 4.69) is 41.5 Å². The molecule has 1 heterocycles. The third kappa shape index (κ3) is 4.01. The summed E-state index contributed by atoms with van der Waals surface area (Å²) in [6.45, 7) is 8.04. The fourth-order valence-corrected chi connectivity index (χ4v) is 3.37. The van der Waals surface area contributed by atoms with E-state index in [0.29, 0.717) is 12.0 Å². The zero-order valence-corrected chi connectivity index (χ0v) is 13.3. The van der Waals surface area contributed by atoms with Crippen LogP contribution in [0.3, 0.4) is 0 Å². The van der Waals surface area contributed by atoms with E-state index in [4.69, 9.17) is 0 Å². The average molecular weight is 279 g/mol. The molecular formula is C15H29N5. The molecule has 5 heteroatoms. The Morgan fingerprint density at radius 2 is 2.15 bits per heavy atom. The van der Waals surface area contributed by atoms with E-state index >= 15 is 0 Å². The van der Waals surface area contributed by atoms with Gasteiger partial charge in [-0.25, -0.2) is 0 Å². The van der Waals surface area contributed by atoms with E-state index in [0.717, 1.165) is 30.6 Å². The van der Waals surface area contributed by atoms with Crippen molar-refractivity contribution in [1.82, 2.24) is 25.5 Å². The van der Waals surface area contributed by atoms with E-state index in [1.807, 2.05) is 7.05 Å². The lowest BCUT2D eigenvalue weighted by Gasteiger charge is -2.38. The van der Waals surface area contributed by atoms with E-state index in [1.165, 1.54) is 25.7 Å². The van der Waals surface area contributed by atoms with E-state index < -0.39 is 0 Å². The normalized spacial score (nSPS) is 27.1. The highest BCUT2D eigenvalue weighted by atomic mass is 15.6. The van der Waals surface area contributed by atoms with E-state index in [-0.39, 0.29) is 0 Å². The largest absolute Gasteiger partial charge is 0.314 e. The molecule has 5 nitrogen and oxygen atoms in total. The van der Waals surface area contributed by atoms with Gasteiger partial charge in [-0.2, -0.15) is 4.80 Å². The summed E-state index contributed by atoms with van der Waals surface area (Å²) in [7, 11) is 1.83. The van der Waals surface area contributed by atoms with Crippen LogP contribution in [0.1, 0.15) is 52.3 Å². The van der Waals surface area contributed by atoms with Crippen LogP contribution in [0.5, 0.6) is 0 Å². The van der Waals surface area contributed by atoms with Crippen molar-refractivity contribution in [3.05, 3.63) is 5.82 Å². The number of tetrazole rings is 1. The minimum absolute atomic E-state index is 0.619. The van der Waals surface area contributed by atoms with E-state index in [1.54, 1.807) is 4.80 Å². The van der Waals surface area contributed by atoms with Gasteiger partial charge in [0.2, 0.25) is 0 Å². The highest BCUT2D eigenvalue weighted by Gasteiger charge is 2.32. The number of aryl methyl sites for hydroxylation is 1. The van der Waals surface area contributed by atoms with Crippen molar-refractivity contribution in [2.24, 2.45) is 24.8 Å². The lowest BCUT2D eigenvalue weighted by molar-refractivity contribution is 0.166. The smallest absolute Gasteiger partial charge is 0.175 e. The Hall–Kier alpha value is -0.970. The van der Waals surface area contributed by atoms with Crippen LogP contribution < -0.4 is 5.32 Å². The lowest BCUT2D eigenvalue weighted by atomic mass is 9.72. The SMILES string of the molecule is CCCNC1CCC(C(C)C)CC1Cc1nnn(C)n1. The lowest BCUT2D eigenvalue weighted by Crippen LogP contribution is -2.42. The number of nitrogens with one attached hydrogen (secondary N) is 1. The fraction of sp³-hybridized carbons (Fsp3) is 0.933. The first-order valence-corrected chi connectivity index (χ1v) is 8.06. The molecule has 3 unspecified atom stereocenters. The number of nitrogens with zero attached hydrogens (tertiary/aromatic N) is 4. The average Bonchev–Trinajstić information content (AvgIpc) is 2.82. The topological polar surface area (TPSA) is 55.6 Å². The van der Waals surface area contributed by atoms with Crippen molar-refractivity contribution in [3.8, 4) is 0 Å². The quantitative estimate of drug-likeness (QED) is 0.867. The summed E-state index contributed by atoms with van der Waals surface area (Å²) in [5, 5.41) is 16.2. The zero-order valence-electron chi connectivity index (χ0n) is 13.3. The summed E-state index contributed by atoms with van der Waals surface area (Å²) in [6, 6.07) is 0.619. The third-order valence-electron chi connectivity index (χ3n) is 4.62. The Morgan fingerprint density at radius 3 is 2.75 bits per heavy atom. The molecule has 0 bridgehead atoms. The van der Waals surface area contributed by atoms with Gasteiger partial charge >= 0.3 is 0 Å². The first-order chi connectivity index (χ1) is 9.60. The maximum atomic E-state index is 4.36. The van der Waals surface area contributed by atoms with Crippen LogP contribution in [0.4, 0.5) is 0 Å². The van der Waals surface area contributed by atoms with Crippen molar-refractivity contribution >= 4 is 0 Å². The third-order valence-corrected chi connectivity index (χ3v) is 4.62. The van der Waals surface area contributed by atoms with Gasteiger partial charge in [-0.3, -0.25) is 0 Å². The molecule has 1 aliphatic rings. The molecule has 1 saturated carbocycles. The summed E-state index contributed by atoms with van der Waals surface area (Å²) in [5.41, 5.74) is 0. The predicted octanol–water partition coefficient (Wildman–Crippen LogP) is 2.19. The number of aromatic nitrogens is 4. The van der Waals surface area contributed by atoms with Crippen molar-refractivity contribution in [3.63, 3.8) is 0 Å². The Kier molecular flexibility index (Phi) is 5.52. The first-order valence-electron chi connectivity index (χ1n) is 8.06. The van der Waals surface area contributed by atoms with E-state index in [9.17, 15) is 0 Å². The summed E-state index contributed by atoms with van der Waals surface area (Å²) < 4.78 is 0. The van der Waals surface area contributed by atoms with Crippen LogP contribution in [0.2, 0.25) is 0 Å². The maximum absolute atomic E-state index is 4.36. The number of hydrogen-bond donors (Lipinski definition) is 1. The van der Waals surface area contributed by atoms with Gasteiger partial charge in [0.1, 0.15) is 0 Å². The van der Waals surface area contributed by atoms with Crippen molar-refractivity contribution in [2.45, 2.75) is 58.9 Å². The minimum atomic E-state index is 0.619. The van der Waals surface area contributed by atoms with Gasteiger partial charge in [-0.15, -0.1) is 10.2 Å². The van der Waals surface area contributed by atoms with Crippen LogP contribution in [-0.4, -0.2) is 32.8 Å².